The Morgan fingerprint density at radius 3 is 2.30 bits per heavy atom. The minimum atomic E-state index is -0.899. The zero-order valence-electron chi connectivity index (χ0n) is 16.1. The van der Waals surface area contributed by atoms with Crippen LogP contribution in [0.15, 0.2) is 36.5 Å². The molecule has 1 aliphatic rings. The molecule has 0 radical (unpaired) electrons. The lowest BCUT2D eigenvalue weighted by Gasteiger charge is -2.36. The highest BCUT2D eigenvalue weighted by Crippen LogP contribution is 2.27. The number of pyridine rings is 1. The molecule has 0 saturated carbocycles. The van der Waals surface area contributed by atoms with Gasteiger partial charge in [0.25, 0.3) is 0 Å². The first-order chi connectivity index (χ1) is 13.0. The maximum atomic E-state index is 11.9. The summed E-state index contributed by atoms with van der Waals surface area (Å²) in [5.41, 5.74) is 9.25. The maximum absolute atomic E-state index is 11.9. The van der Waals surface area contributed by atoms with Crippen molar-refractivity contribution < 1.29 is 9.90 Å². The molecular weight excluding hydrogens is 340 g/mol. The SMILES string of the molecule is CC(C)c1ccnc(N2CCN(Cc3ccc(CN)cc3)CC2)c1C(=O)O. The Hall–Kier alpha value is -2.44. The van der Waals surface area contributed by atoms with E-state index in [9.17, 15) is 9.90 Å². The van der Waals surface area contributed by atoms with Crippen LogP contribution in [0, 0.1) is 0 Å². The highest BCUT2D eigenvalue weighted by molar-refractivity contribution is 5.95. The topological polar surface area (TPSA) is 82.7 Å². The Morgan fingerprint density at radius 2 is 1.74 bits per heavy atom. The maximum Gasteiger partial charge on any atom is 0.339 e. The van der Waals surface area contributed by atoms with Gasteiger partial charge in [0.15, 0.2) is 0 Å². The molecule has 6 nitrogen and oxygen atoms in total. The Morgan fingerprint density at radius 1 is 1.11 bits per heavy atom. The molecule has 0 bridgehead atoms. The molecular formula is C21H28N4O2. The molecule has 1 saturated heterocycles. The molecule has 1 fully saturated rings. The summed E-state index contributed by atoms with van der Waals surface area (Å²) in [7, 11) is 0. The predicted molar refractivity (Wildman–Crippen MR) is 107 cm³/mol. The first kappa shape index (κ1) is 19.3. The van der Waals surface area contributed by atoms with E-state index in [1.807, 2.05) is 19.9 Å². The number of anilines is 1. The standard InChI is InChI=1S/C21H28N4O2/c1-15(2)18-7-8-23-20(19(18)21(26)27)25-11-9-24(10-12-25)14-17-5-3-16(13-22)4-6-17/h3-8,15H,9-14,22H2,1-2H3,(H,26,27). The van der Waals surface area contributed by atoms with E-state index in [1.54, 1.807) is 6.20 Å². The summed E-state index contributed by atoms with van der Waals surface area (Å²) in [6.45, 7) is 8.79. The van der Waals surface area contributed by atoms with Gasteiger partial charge in [-0.15, -0.1) is 0 Å². The number of benzene rings is 1. The van der Waals surface area contributed by atoms with Gasteiger partial charge in [-0.1, -0.05) is 38.1 Å². The largest absolute Gasteiger partial charge is 0.478 e. The molecule has 27 heavy (non-hydrogen) atoms. The zero-order chi connectivity index (χ0) is 19.4. The quantitative estimate of drug-likeness (QED) is 0.816. The van der Waals surface area contributed by atoms with Crippen molar-refractivity contribution in [3.05, 3.63) is 58.8 Å². The van der Waals surface area contributed by atoms with Gasteiger partial charge in [-0.05, 0) is 28.7 Å². The highest BCUT2D eigenvalue weighted by Gasteiger charge is 2.25. The average Bonchev–Trinajstić information content (AvgIpc) is 2.68. The van der Waals surface area contributed by atoms with E-state index in [0.29, 0.717) is 17.9 Å². The minimum absolute atomic E-state index is 0.149. The van der Waals surface area contributed by atoms with Crippen LogP contribution in [0.2, 0.25) is 0 Å². The van der Waals surface area contributed by atoms with Crippen molar-refractivity contribution in [1.82, 2.24) is 9.88 Å². The molecule has 1 aliphatic heterocycles. The van der Waals surface area contributed by atoms with Gasteiger partial charge >= 0.3 is 5.97 Å². The van der Waals surface area contributed by atoms with Gasteiger partial charge in [0.1, 0.15) is 11.4 Å². The fraction of sp³-hybridized carbons (Fsp3) is 0.429. The van der Waals surface area contributed by atoms with Crippen molar-refractivity contribution in [1.29, 1.82) is 0 Å². The molecule has 0 aliphatic carbocycles. The lowest BCUT2D eigenvalue weighted by atomic mass is 9.98. The number of carboxylic acids is 1. The summed E-state index contributed by atoms with van der Waals surface area (Å²) in [5, 5.41) is 9.73. The molecule has 0 atom stereocenters. The van der Waals surface area contributed by atoms with Crippen LogP contribution in [0.3, 0.4) is 0 Å². The van der Waals surface area contributed by atoms with Crippen LogP contribution < -0.4 is 10.6 Å². The molecule has 0 unspecified atom stereocenters. The van der Waals surface area contributed by atoms with Crippen LogP contribution in [0.5, 0.6) is 0 Å². The van der Waals surface area contributed by atoms with E-state index in [-0.39, 0.29) is 5.92 Å². The molecule has 1 aromatic carbocycles. The average molecular weight is 368 g/mol. The van der Waals surface area contributed by atoms with Crippen molar-refractivity contribution >= 4 is 11.8 Å². The summed E-state index contributed by atoms with van der Waals surface area (Å²) < 4.78 is 0. The van der Waals surface area contributed by atoms with Gasteiger partial charge in [-0.2, -0.15) is 0 Å². The van der Waals surface area contributed by atoms with E-state index < -0.39 is 5.97 Å². The number of piperazine rings is 1. The van der Waals surface area contributed by atoms with Gasteiger partial charge in [0, 0.05) is 45.5 Å². The smallest absolute Gasteiger partial charge is 0.339 e. The molecule has 3 rings (SSSR count). The van der Waals surface area contributed by atoms with Crippen LogP contribution in [-0.2, 0) is 13.1 Å². The molecule has 3 N–H and O–H groups in total. The number of hydrogen-bond acceptors (Lipinski definition) is 5. The Labute approximate surface area is 160 Å². The first-order valence-electron chi connectivity index (χ1n) is 9.47. The fourth-order valence-corrected chi connectivity index (χ4v) is 3.56. The van der Waals surface area contributed by atoms with Crippen molar-refractivity contribution in [2.24, 2.45) is 5.73 Å². The zero-order valence-corrected chi connectivity index (χ0v) is 16.1. The van der Waals surface area contributed by atoms with Crippen molar-refractivity contribution in [3.8, 4) is 0 Å². The van der Waals surface area contributed by atoms with E-state index in [4.69, 9.17) is 5.73 Å². The predicted octanol–water partition coefficient (Wildman–Crippen LogP) is 2.68. The number of aromatic nitrogens is 1. The second kappa shape index (κ2) is 8.50. The number of rotatable bonds is 6. The Balaban J connectivity index is 1.68. The number of carbonyl (C=O) groups is 1. The number of nitrogens with zero attached hydrogens (tertiary/aromatic N) is 3. The number of nitrogens with two attached hydrogens (primary N) is 1. The second-order valence-corrected chi connectivity index (χ2v) is 7.34. The van der Waals surface area contributed by atoms with Crippen molar-refractivity contribution in [2.45, 2.75) is 32.9 Å². The van der Waals surface area contributed by atoms with E-state index in [1.165, 1.54) is 5.56 Å². The van der Waals surface area contributed by atoms with Crippen LogP contribution in [0.1, 0.15) is 46.8 Å². The molecule has 2 aromatic rings. The molecule has 6 heteroatoms. The Kier molecular flexibility index (Phi) is 6.08. The second-order valence-electron chi connectivity index (χ2n) is 7.34. The lowest BCUT2D eigenvalue weighted by Crippen LogP contribution is -2.46. The first-order valence-corrected chi connectivity index (χ1v) is 9.47. The van der Waals surface area contributed by atoms with E-state index in [0.717, 1.165) is 43.9 Å². The Bertz CT molecular complexity index is 781. The third-order valence-electron chi connectivity index (χ3n) is 5.14. The van der Waals surface area contributed by atoms with Crippen molar-refractivity contribution in [3.63, 3.8) is 0 Å². The van der Waals surface area contributed by atoms with Crippen LogP contribution in [-0.4, -0.2) is 47.1 Å². The summed E-state index contributed by atoms with van der Waals surface area (Å²) >= 11 is 0. The van der Waals surface area contributed by atoms with Crippen molar-refractivity contribution in [2.75, 3.05) is 31.1 Å². The molecule has 144 valence electrons. The molecule has 0 spiro atoms. The highest BCUT2D eigenvalue weighted by atomic mass is 16.4. The van der Waals surface area contributed by atoms with Gasteiger partial charge in [0.05, 0.1) is 0 Å². The van der Waals surface area contributed by atoms with Gasteiger partial charge < -0.3 is 15.7 Å². The number of hydrogen-bond donors (Lipinski definition) is 2. The molecule has 1 aromatic heterocycles. The van der Waals surface area contributed by atoms with Crippen LogP contribution in [0.4, 0.5) is 5.82 Å². The third kappa shape index (κ3) is 4.46. The molecule has 0 amide bonds. The summed E-state index contributed by atoms with van der Waals surface area (Å²) in [6.07, 6.45) is 1.72. The van der Waals surface area contributed by atoms with Crippen LogP contribution >= 0.6 is 0 Å². The van der Waals surface area contributed by atoms with E-state index >= 15 is 0 Å². The molecule has 2 heterocycles. The lowest BCUT2D eigenvalue weighted by molar-refractivity contribution is 0.0695. The number of carboxylic acid groups (broad SMARTS) is 1. The summed E-state index contributed by atoms with van der Waals surface area (Å²) in [5.74, 6) is -0.152. The van der Waals surface area contributed by atoms with Crippen LogP contribution in [0.25, 0.3) is 0 Å². The normalized spacial score (nSPS) is 15.3. The van der Waals surface area contributed by atoms with E-state index in [2.05, 4.69) is 39.0 Å². The summed E-state index contributed by atoms with van der Waals surface area (Å²) in [4.78, 5) is 20.8. The minimum Gasteiger partial charge on any atom is -0.478 e. The van der Waals surface area contributed by atoms with Gasteiger partial charge in [0.2, 0.25) is 0 Å². The number of aromatic carboxylic acids is 1. The monoisotopic (exact) mass is 368 g/mol. The third-order valence-corrected chi connectivity index (χ3v) is 5.14. The summed E-state index contributed by atoms with van der Waals surface area (Å²) in [6, 6.07) is 10.2. The van der Waals surface area contributed by atoms with Gasteiger partial charge in [-0.3, -0.25) is 4.90 Å². The van der Waals surface area contributed by atoms with Gasteiger partial charge in [-0.25, -0.2) is 9.78 Å². The fourth-order valence-electron chi connectivity index (χ4n) is 3.56.